The average Bonchev–Trinajstić information content (AvgIpc) is 3.42. The molecular formula is C30H36F3N5O4. The molecule has 0 bridgehead atoms. The summed E-state index contributed by atoms with van der Waals surface area (Å²) in [6.45, 7) is 1.54. The van der Waals surface area contributed by atoms with Gasteiger partial charge in [-0.3, -0.25) is 4.79 Å². The van der Waals surface area contributed by atoms with Crippen molar-refractivity contribution in [2.75, 3.05) is 40.0 Å². The molecule has 1 amide bonds. The monoisotopic (exact) mass is 587 g/mol. The topological polar surface area (TPSA) is 102 Å². The number of hydrogen-bond acceptors (Lipinski definition) is 7. The zero-order valence-corrected chi connectivity index (χ0v) is 23.5. The Morgan fingerprint density at radius 1 is 1.17 bits per heavy atom. The van der Waals surface area contributed by atoms with Gasteiger partial charge >= 0.3 is 6.18 Å². The molecule has 2 N–H and O–H groups in total. The largest absolute Gasteiger partial charge is 0.477 e. The van der Waals surface area contributed by atoms with E-state index in [-0.39, 0.29) is 36.9 Å². The van der Waals surface area contributed by atoms with E-state index in [0.717, 1.165) is 24.5 Å². The number of rotatable bonds is 9. The van der Waals surface area contributed by atoms with Crippen LogP contribution in [0.1, 0.15) is 54.2 Å². The van der Waals surface area contributed by atoms with Crippen LogP contribution in [0.4, 0.5) is 13.2 Å². The lowest BCUT2D eigenvalue weighted by molar-refractivity contribution is -0.139. The molecule has 226 valence electrons. The molecule has 1 saturated carbocycles. The summed E-state index contributed by atoms with van der Waals surface area (Å²) in [5, 5.41) is 14.9. The molecule has 2 fully saturated rings. The zero-order valence-electron chi connectivity index (χ0n) is 23.5. The Morgan fingerprint density at radius 2 is 1.98 bits per heavy atom. The number of imidazole rings is 1. The number of piperazine rings is 1. The Bertz CT molecular complexity index is 1350. The Hall–Kier alpha value is -3.48. The minimum atomic E-state index is -4.58. The number of nitrogens with zero attached hydrogens (tertiary/aromatic N) is 4. The van der Waals surface area contributed by atoms with E-state index in [1.807, 2.05) is 34.9 Å². The van der Waals surface area contributed by atoms with Crippen LogP contribution in [0.3, 0.4) is 0 Å². The van der Waals surface area contributed by atoms with Crippen LogP contribution >= 0.6 is 0 Å². The lowest BCUT2D eigenvalue weighted by atomic mass is 9.80. The molecular weight excluding hydrogens is 551 g/mol. The fourth-order valence-corrected chi connectivity index (χ4v) is 6.09. The molecule has 5 rings (SSSR count). The number of methoxy groups -OCH3 is 1. The van der Waals surface area contributed by atoms with Crippen molar-refractivity contribution in [1.82, 2.24) is 24.8 Å². The SMILES string of the molecule is COC[C@]1(O)CCCC[C@H]1n1cnc(C(=O)N2CCNC[C@H]2CCOc2ncccc2C(F)(F)F)c1-c1ccccc1. The fourth-order valence-electron chi connectivity index (χ4n) is 6.09. The van der Waals surface area contributed by atoms with E-state index in [0.29, 0.717) is 44.6 Å². The summed E-state index contributed by atoms with van der Waals surface area (Å²) in [4.78, 5) is 24.2. The molecule has 3 aromatic rings. The second kappa shape index (κ2) is 12.8. The normalized spacial score (nSPS) is 23.1. The van der Waals surface area contributed by atoms with Gasteiger partial charge in [-0.25, -0.2) is 9.97 Å². The van der Waals surface area contributed by atoms with Crippen molar-refractivity contribution < 1.29 is 32.5 Å². The zero-order chi connectivity index (χ0) is 29.7. The molecule has 12 heteroatoms. The number of benzene rings is 1. The molecule has 1 saturated heterocycles. The van der Waals surface area contributed by atoms with E-state index in [4.69, 9.17) is 9.47 Å². The Labute approximate surface area is 242 Å². The summed E-state index contributed by atoms with van der Waals surface area (Å²) in [6.07, 6.45) is 1.69. The standard InChI is InChI=1S/C30H36F3N5O4/c1-41-19-29(40)13-6-5-11-24(29)38-20-36-25(26(38)21-8-3-2-4-9-21)28(39)37-16-15-34-18-22(37)12-17-42-27-23(30(31,32)33)10-7-14-35-27/h2-4,7-10,14,20,22,24,34,40H,5-6,11-13,15-19H2,1H3/t22-,24-,29-/m1/s1. The first-order chi connectivity index (χ1) is 20.2. The number of pyridine rings is 1. The van der Waals surface area contributed by atoms with Gasteiger partial charge in [0.15, 0.2) is 5.69 Å². The van der Waals surface area contributed by atoms with Gasteiger partial charge in [-0.05, 0) is 25.0 Å². The third-order valence-electron chi connectivity index (χ3n) is 8.11. The van der Waals surface area contributed by atoms with Crippen molar-refractivity contribution in [2.45, 2.75) is 56.0 Å². The summed E-state index contributed by atoms with van der Waals surface area (Å²) < 4.78 is 52.9. The first-order valence-electron chi connectivity index (χ1n) is 14.2. The van der Waals surface area contributed by atoms with Crippen molar-refractivity contribution >= 4 is 5.91 Å². The number of hydrogen-bond donors (Lipinski definition) is 2. The highest BCUT2D eigenvalue weighted by atomic mass is 19.4. The molecule has 3 atom stereocenters. The van der Waals surface area contributed by atoms with E-state index in [1.54, 1.807) is 18.3 Å². The lowest BCUT2D eigenvalue weighted by Crippen LogP contribution is -2.54. The number of carbonyl (C=O) groups is 1. The molecule has 9 nitrogen and oxygen atoms in total. The van der Waals surface area contributed by atoms with Crippen LogP contribution in [0.2, 0.25) is 0 Å². The van der Waals surface area contributed by atoms with Crippen molar-refractivity contribution in [3.8, 4) is 17.1 Å². The summed E-state index contributed by atoms with van der Waals surface area (Å²) in [6, 6.07) is 11.0. The molecule has 2 aromatic heterocycles. The van der Waals surface area contributed by atoms with Gasteiger partial charge in [-0.1, -0.05) is 43.2 Å². The summed E-state index contributed by atoms with van der Waals surface area (Å²) in [5.74, 6) is -0.758. The highest BCUT2D eigenvalue weighted by Gasteiger charge is 2.42. The smallest absolute Gasteiger partial charge is 0.421 e. The number of ether oxygens (including phenoxy) is 2. The van der Waals surface area contributed by atoms with Crippen LogP contribution in [0, 0.1) is 0 Å². The fraction of sp³-hybridized carbons (Fsp3) is 0.500. The maximum absolute atomic E-state index is 14.1. The highest BCUT2D eigenvalue weighted by Crippen LogP contribution is 2.41. The van der Waals surface area contributed by atoms with Gasteiger partial charge in [-0.15, -0.1) is 0 Å². The number of aromatic nitrogens is 3. The maximum Gasteiger partial charge on any atom is 0.421 e. The molecule has 42 heavy (non-hydrogen) atoms. The van der Waals surface area contributed by atoms with Crippen LogP contribution in [0.5, 0.6) is 5.88 Å². The van der Waals surface area contributed by atoms with Gasteiger partial charge in [0, 0.05) is 51.0 Å². The number of alkyl halides is 3. The number of carbonyl (C=O) groups excluding carboxylic acids is 1. The minimum Gasteiger partial charge on any atom is -0.477 e. The number of aliphatic hydroxyl groups is 1. The van der Waals surface area contributed by atoms with E-state index >= 15 is 0 Å². The molecule has 3 heterocycles. The van der Waals surface area contributed by atoms with E-state index in [2.05, 4.69) is 15.3 Å². The van der Waals surface area contributed by atoms with Crippen molar-refractivity contribution in [3.63, 3.8) is 0 Å². The third-order valence-corrected chi connectivity index (χ3v) is 8.11. The Morgan fingerprint density at radius 3 is 2.74 bits per heavy atom. The predicted octanol–water partition coefficient (Wildman–Crippen LogP) is 4.34. The van der Waals surface area contributed by atoms with Crippen LogP contribution in [-0.4, -0.2) is 82.0 Å². The first kappa shape index (κ1) is 30.0. The summed E-state index contributed by atoms with van der Waals surface area (Å²) >= 11 is 0. The second-order valence-electron chi connectivity index (χ2n) is 10.9. The summed E-state index contributed by atoms with van der Waals surface area (Å²) in [7, 11) is 1.57. The average molecular weight is 588 g/mol. The molecule has 1 aliphatic carbocycles. The Kier molecular flexibility index (Phi) is 9.14. The van der Waals surface area contributed by atoms with E-state index in [9.17, 15) is 23.1 Å². The predicted molar refractivity (Wildman–Crippen MR) is 149 cm³/mol. The van der Waals surface area contributed by atoms with Gasteiger partial charge in [0.25, 0.3) is 5.91 Å². The van der Waals surface area contributed by atoms with Crippen LogP contribution in [0.25, 0.3) is 11.3 Å². The molecule has 0 spiro atoms. The van der Waals surface area contributed by atoms with Gasteiger partial charge in [0.1, 0.15) is 11.2 Å². The van der Waals surface area contributed by atoms with Gasteiger partial charge in [-0.2, -0.15) is 13.2 Å². The van der Waals surface area contributed by atoms with Gasteiger partial charge < -0.3 is 29.4 Å². The minimum absolute atomic E-state index is 0.0532. The quantitative estimate of drug-likeness (QED) is 0.384. The third kappa shape index (κ3) is 6.30. The van der Waals surface area contributed by atoms with E-state index < -0.39 is 23.2 Å². The maximum atomic E-state index is 14.1. The van der Waals surface area contributed by atoms with Gasteiger partial charge in [0.05, 0.1) is 31.3 Å². The highest BCUT2D eigenvalue weighted by molar-refractivity contribution is 5.98. The van der Waals surface area contributed by atoms with Crippen molar-refractivity contribution in [2.24, 2.45) is 0 Å². The van der Waals surface area contributed by atoms with Crippen molar-refractivity contribution in [1.29, 1.82) is 0 Å². The van der Waals surface area contributed by atoms with Gasteiger partial charge in [0.2, 0.25) is 5.88 Å². The van der Waals surface area contributed by atoms with Crippen molar-refractivity contribution in [3.05, 3.63) is 66.2 Å². The number of halogens is 3. The molecule has 0 radical (unpaired) electrons. The molecule has 0 unspecified atom stereocenters. The Balaban J connectivity index is 1.41. The first-order valence-corrected chi connectivity index (χ1v) is 14.2. The summed E-state index contributed by atoms with van der Waals surface area (Å²) in [5.41, 5.74) is -0.350. The number of nitrogens with one attached hydrogen (secondary N) is 1. The lowest BCUT2D eigenvalue weighted by Gasteiger charge is -2.41. The second-order valence-corrected chi connectivity index (χ2v) is 10.9. The van der Waals surface area contributed by atoms with Crippen LogP contribution in [0.15, 0.2) is 55.0 Å². The molecule has 1 aromatic carbocycles. The number of amides is 1. The molecule has 2 aliphatic rings. The molecule has 1 aliphatic heterocycles. The van der Waals surface area contributed by atoms with Crippen LogP contribution < -0.4 is 10.1 Å². The van der Waals surface area contributed by atoms with Crippen LogP contribution in [-0.2, 0) is 10.9 Å². The van der Waals surface area contributed by atoms with E-state index in [1.165, 1.54) is 12.3 Å².